The Kier molecular flexibility index (Phi) is 3.58. The molecule has 0 amide bonds. The molecule has 1 aliphatic carbocycles. The van der Waals surface area contributed by atoms with E-state index in [1.165, 1.54) is 24.8 Å². The molecule has 0 heterocycles. The van der Waals surface area contributed by atoms with Crippen LogP contribution in [0.4, 0.5) is 0 Å². The summed E-state index contributed by atoms with van der Waals surface area (Å²) in [5, 5.41) is 3.46. The maximum Gasteiger partial charge on any atom is 0.0153 e. The molecule has 0 aliphatic heterocycles. The van der Waals surface area contributed by atoms with E-state index in [1.807, 2.05) is 0 Å². The third-order valence-electron chi connectivity index (χ3n) is 4.00. The standard InChI is InChI=1S/C16H25N/c1-16(2,3)15(17-4)11-12-8-9-13-6-5-7-14(13)10-12/h8-10,15,17H,5-7,11H2,1-4H3. The topological polar surface area (TPSA) is 12.0 Å². The van der Waals surface area contributed by atoms with E-state index >= 15 is 0 Å². The van der Waals surface area contributed by atoms with Gasteiger partial charge in [0.2, 0.25) is 0 Å². The average molecular weight is 231 g/mol. The molecule has 0 saturated carbocycles. The second-order valence-electron chi connectivity index (χ2n) is 6.37. The van der Waals surface area contributed by atoms with Crippen molar-refractivity contribution in [3.05, 3.63) is 34.9 Å². The minimum atomic E-state index is 0.313. The summed E-state index contributed by atoms with van der Waals surface area (Å²) in [5.41, 5.74) is 4.96. The van der Waals surface area contributed by atoms with Crippen molar-refractivity contribution < 1.29 is 0 Å². The summed E-state index contributed by atoms with van der Waals surface area (Å²) < 4.78 is 0. The molecule has 0 bridgehead atoms. The van der Waals surface area contributed by atoms with Gasteiger partial charge in [0.05, 0.1) is 0 Å². The second kappa shape index (κ2) is 4.81. The lowest BCUT2D eigenvalue weighted by Gasteiger charge is -2.30. The van der Waals surface area contributed by atoms with Gasteiger partial charge < -0.3 is 5.32 Å². The maximum absolute atomic E-state index is 3.46. The van der Waals surface area contributed by atoms with E-state index in [0.717, 1.165) is 6.42 Å². The summed E-state index contributed by atoms with van der Waals surface area (Å²) in [6, 6.07) is 7.63. The van der Waals surface area contributed by atoms with Gasteiger partial charge in [-0.2, -0.15) is 0 Å². The highest BCUT2D eigenvalue weighted by molar-refractivity contribution is 5.35. The number of hydrogen-bond acceptors (Lipinski definition) is 1. The molecule has 94 valence electrons. The fourth-order valence-corrected chi connectivity index (χ4v) is 2.83. The van der Waals surface area contributed by atoms with Crippen molar-refractivity contribution in [1.29, 1.82) is 0 Å². The van der Waals surface area contributed by atoms with Crippen molar-refractivity contribution in [2.75, 3.05) is 7.05 Å². The summed E-state index contributed by atoms with van der Waals surface area (Å²) in [6.45, 7) is 6.92. The van der Waals surface area contributed by atoms with Gasteiger partial charge in [0.15, 0.2) is 0 Å². The molecule has 1 atom stereocenters. The molecule has 1 nitrogen and oxygen atoms in total. The molecule has 0 aromatic heterocycles. The van der Waals surface area contributed by atoms with Crippen LogP contribution in [0.2, 0.25) is 0 Å². The van der Waals surface area contributed by atoms with Gasteiger partial charge in [-0.05, 0) is 54.8 Å². The molecule has 0 saturated heterocycles. The van der Waals surface area contributed by atoms with E-state index in [2.05, 4.69) is 51.3 Å². The molecule has 1 unspecified atom stereocenters. The van der Waals surface area contributed by atoms with Crippen molar-refractivity contribution in [3.8, 4) is 0 Å². The number of aryl methyl sites for hydroxylation is 2. The first kappa shape index (κ1) is 12.6. The van der Waals surface area contributed by atoms with Crippen LogP contribution < -0.4 is 5.32 Å². The van der Waals surface area contributed by atoms with Crippen LogP contribution in [-0.4, -0.2) is 13.1 Å². The normalized spacial score (nSPS) is 16.9. The summed E-state index contributed by atoms with van der Waals surface area (Å²) in [6.07, 6.45) is 5.04. The number of likely N-dealkylation sites (N-methyl/N-ethyl adjacent to an activating group) is 1. The van der Waals surface area contributed by atoms with E-state index in [0.29, 0.717) is 11.5 Å². The lowest BCUT2D eigenvalue weighted by Crippen LogP contribution is -2.39. The van der Waals surface area contributed by atoms with E-state index in [4.69, 9.17) is 0 Å². The Labute approximate surface area is 106 Å². The van der Waals surface area contributed by atoms with Crippen LogP contribution in [0.3, 0.4) is 0 Å². The molecule has 1 aromatic carbocycles. The predicted octanol–water partition coefficient (Wildman–Crippen LogP) is 3.35. The zero-order chi connectivity index (χ0) is 12.5. The monoisotopic (exact) mass is 231 g/mol. The molecule has 1 N–H and O–H groups in total. The predicted molar refractivity (Wildman–Crippen MR) is 74.5 cm³/mol. The summed E-state index contributed by atoms with van der Waals surface area (Å²) in [5.74, 6) is 0. The Hall–Kier alpha value is -0.820. The zero-order valence-electron chi connectivity index (χ0n) is 11.6. The van der Waals surface area contributed by atoms with Gasteiger partial charge in [-0.3, -0.25) is 0 Å². The lowest BCUT2D eigenvalue weighted by molar-refractivity contribution is 0.280. The molecule has 17 heavy (non-hydrogen) atoms. The van der Waals surface area contributed by atoms with E-state index in [1.54, 1.807) is 11.1 Å². The highest BCUT2D eigenvalue weighted by atomic mass is 14.9. The van der Waals surface area contributed by atoms with Gasteiger partial charge in [-0.15, -0.1) is 0 Å². The molecule has 1 aromatic rings. The SMILES string of the molecule is CNC(Cc1ccc2c(c1)CCC2)C(C)(C)C. The van der Waals surface area contributed by atoms with Gasteiger partial charge >= 0.3 is 0 Å². The van der Waals surface area contributed by atoms with E-state index < -0.39 is 0 Å². The summed E-state index contributed by atoms with van der Waals surface area (Å²) in [4.78, 5) is 0. The number of fused-ring (bicyclic) bond motifs is 1. The van der Waals surface area contributed by atoms with Crippen molar-refractivity contribution in [2.24, 2.45) is 5.41 Å². The van der Waals surface area contributed by atoms with Gasteiger partial charge in [0.25, 0.3) is 0 Å². The molecular weight excluding hydrogens is 206 g/mol. The molecule has 1 aliphatic rings. The Balaban J connectivity index is 2.13. The van der Waals surface area contributed by atoms with Crippen molar-refractivity contribution in [2.45, 2.75) is 52.5 Å². The Morgan fingerprint density at radius 2 is 1.88 bits per heavy atom. The van der Waals surface area contributed by atoms with Gasteiger partial charge in [0, 0.05) is 6.04 Å². The first-order valence-electron chi connectivity index (χ1n) is 6.78. The van der Waals surface area contributed by atoms with Crippen LogP contribution in [0.5, 0.6) is 0 Å². The van der Waals surface area contributed by atoms with Gasteiger partial charge in [0.1, 0.15) is 0 Å². The number of benzene rings is 1. The first-order valence-corrected chi connectivity index (χ1v) is 6.78. The number of rotatable bonds is 3. The molecular formula is C16H25N. The van der Waals surface area contributed by atoms with Crippen LogP contribution in [0, 0.1) is 5.41 Å². The molecule has 1 heteroatoms. The van der Waals surface area contributed by atoms with Gasteiger partial charge in [-0.25, -0.2) is 0 Å². The Morgan fingerprint density at radius 3 is 2.53 bits per heavy atom. The minimum absolute atomic E-state index is 0.313. The fourth-order valence-electron chi connectivity index (χ4n) is 2.83. The molecule has 2 rings (SSSR count). The smallest absolute Gasteiger partial charge is 0.0153 e. The van der Waals surface area contributed by atoms with Crippen LogP contribution >= 0.6 is 0 Å². The van der Waals surface area contributed by atoms with Crippen molar-refractivity contribution >= 4 is 0 Å². The third kappa shape index (κ3) is 2.90. The molecule has 0 spiro atoms. The van der Waals surface area contributed by atoms with Crippen LogP contribution in [-0.2, 0) is 19.3 Å². The quantitative estimate of drug-likeness (QED) is 0.841. The van der Waals surface area contributed by atoms with Crippen LogP contribution in [0.25, 0.3) is 0 Å². The molecule has 0 radical (unpaired) electrons. The molecule has 0 fully saturated rings. The van der Waals surface area contributed by atoms with E-state index in [-0.39, 0.29) is 0 Å². The van der Waals surface area contributed by atoms with Crippen molar-refractivity contribution in [3.63, 3.8) is 0 Å². The average Bonchev–Trinajstić information content (AvgIpc) is 2.71. The highest BCUT2D eigenvalue weighted by Crippen LogP contribution is 2.26. The lowest BCUT2D eigenvalue weighted by atomic mass is 9.83. The largest absolute Gasteiger partial charge is 0.316 e. The van der Waals surface area contributed by atoms with Crippen LogP contribution in [0.15, 0.2) is 18.2 Å². The van der Waals surface area contributed by atoms with E-state index in [9.17, 15) is 0 Å². The third-order valence-corrected chi connectivity index (χ3v) is 4.00. The Morgan fingerprint density at radius 1 is 1.18 bits per heavy atom. The first-order chi connectivity index (χ1) is 8.00. The van der Waals surface area contributed by atoms with Crippen LogP contribution in [0.1, 0.15) is 43.9 Å². The second-order valence-corrected chi connectivity index (χ2v) is 6.37. The van der Waals surface area contributed by atoms with Gasteiger partial charge in [-0.1, -0.05) is 39.0 Å². The minimum Gasteiger partial charge on any atom is -0.316 e. The fraction of sp³-hybridized carbons (Fsp3) is 0.625. The van der Waals surface area contributed by atoms with Crippen molar-refractivity contribution in [1.82, 2.24) is 5.32 Å². The Bertz CT molecular complexity index is 387. The maximum atomic E-state index is 3.46. The highest BCUT2D eigenvalue weighted by Gasteiger charge is 2.23. The summed E-state index contributed by atoms with van der Waals surface area (Å²) >= 11 is 0. The zero-order valence-corrected chi connectivity index (χ0v) is 11.6. The number of nitrogens with one attached hydrogen (secondary N) is 1. The summed E-state index contributed by atoms with van der Waals surface area (Å²) in [7, 11) is 2.07. The number of hydrogen-bond donors (Lipinski definition) is 1.